The summed E-state index contributed by atoms with van der Waals surface area (Å²) in [5.74, 6) is 2.76. The number of nitrogens with zero attached hydrogens (tertiary/aromatic N) is 5. The van der Waals surface area contributed by atoms with E-state index < -0.39 is 5.67 Å². The molecule has 1 aliphatic rings. The first-order valence-corrected chi connectivity index (χ1v) is 11.9. The molecule has 7 heteroatoms. The van der Waals surface area contributed by atoms with E-state index in [0.717, 1.165) is 73.4 Å². The molecule has 180 valence electrons. The van der Waals surface area contributed by atoms with Gasteiger partial charge in [-0.15, -0.1) is 0 Å². The maximum atomic E-state index is 14.6. The van der Waals surface area contributed by atoms with Crippen LogP contribution < -0.4 is 15.1 Å². The average Bonchev–Trinajstić information content (AvgIpc) is 3.15. The van der Waals surface area contributed by atoms with Crippen molar-refractivity contribution in [1.29, 1.82) is 0 Å². The number of hydrogen-bond acceptors (Lipinski definition) is 5. The second-order valence-corrected chi connectivity index (χ2v) is 9.41. The summed E-state index contributed by atoms with van der Waals surface area (Å²) < 4.78 is 16.7. The van der Waals surface area contributed by atoms with Crippen LogP contribution in [0.1, 0.15) is 38.1 Å². The molecule has 0 aliphatic carbocycles. The predicted molar refractivity (Wildman–Crippen MR) is 138 cm³/mol. The number of aromatic nitrogens is 3. The fourth-order valence-corrected chi connectivity index (χ4v) is 4.32. The van der Waals surface area contributed by atoms with Gasteiger partial charge < -0.3 is 19.7 Å². The minimum atomic E-state index is -1.40. The number of imidazole rings is 1. The van der Waals surface area contributed by atoms with Crippen molar-refractivity contribution in [1.82, 2.24) is 19.9 Å². The largest absolute Gasteiger partial charge is 0.372 e. The molecule has 3 aromatic rings. The van der Waals surface area contributed by atoms with E-state index in [4.69, 9.17) is 4.98 Å². The number of benzene rings is 1. The quantitative estimate of drug-likeness (QED) is 0.463. The van der Waals surface area contributed by atoms with Crippen molar-refractivity contribution in [2.75, 3.05) is 36.5 Å². The highest BCUT2D eigenvalue weighted by Gasteiger charge is 2.24. The normalized spacial score (nSPS) is 14.0. The number of fused-ring (bicyclic) bond motifs is 1. The Kier molecular flexibility index (Phi) is 6.91. The van der Waals surface area contributed by atoms with Crippen LogP contribution in [0.25, 0.3) is 11.3 Å². The summed E-state index contributed by atoms with van der Waals surface area (Å²) in [6, 6.07) is 11.7. The van der Waals surface area contributed by atoms with Crippen LogP contribution in [0.3, 0.4) is 0 Å². The molecule has 0 fully saturated rings. The topological polar surface area (TPSA) is 49.2 Å². The zero-order valence-electron chi connectivity index (χ0n) is 20.7. The maximum absolute atomic E-state index is 14.6. The lowest BCUT2D eigenvalue weighted by Crippen LogP contribution is -2.33. The minimum Gasteiger partial charge on any atom is -0.372 e. The lowest BCUT2D eigenvalue weighted by Gasteiger charge is -2.27. The number of hydrogen-bond donors (Lipinski definition) is 1. The van der Waals surface area contributed by atoms with Gasteiger partial charge in [-0.1, -0.05) is 24.8 Å². The van der Waals surface area contributed by atoms with Crippen molar-refractivity contribution in [2.24, 2.45) is 0 Å². The van der Waals surface area contributed by atoms with E-state index in [1.807, 2.05) is 49.6 Å². The number of pyridine rings is 1. The van der Waals surface area contributed by atoms with Gasteiger partial charge in [-0.05, 0) is 57.4 Å². The smallest absolute Gasteiger partial charge is 0.158 e. The average molecular weight is 463 g/mol. The Morgan fingerprint density at radius 3 is 2.76 bits per heavy atom. The molecular formula is C27H35FN6. The number of anilines is 2. The van der Waals surface area contributed by atoms with Gasteiger partial charge in [0.25, 0.3) is 0 Å². The van der Waals surface area contributed by atoms with Crippen molar-refractivity contribution in [2.45, 2.75) is 45.8 Å². The Bertz CT molecular complexity index is 1150. The first-order valence-electron chi connectivity index (χ1n) is 11.9. The van der Waals surface area contributed by atoms with Crippen LogP contribution in [-0.4, -0.2) is 41.2 Å². The van der Waals surface area contributed by atoms with Gasteiger partial charge in [-0.25, -0.2) is 14.4 Å². The number of aryl methyl sites for hydroxylation is 2. The van der Waals surface area contributed by atoms with E-state index in [1.165, 1.54) is 0 Å². The van der Waals surface area contributed by atoms with Crippen molar-refractivity contribution in [3.63, 3.8) is 0 Å². The molecule has 1 aromatic carbocycles. The molecule has 0 atom stereocenters. The number of rotatable bonds is 8. The Hall–Kier alpha value is -3.35. The maximum Gasteiger partial charge on any atom is 0.158 e. The van der Waals surface area contributed by atoms with Gasteiger partial charge >= 0.3 is 0 Å². The SMILES string of the molecule is C=C(NCCCn1ccnc1C)N1CCCN(C)c2ccc(-c3cccc(C(C)(C)F)c3)nc21. The Balaban J connectivity index is 1.54. The third kappa shape index (κ3) is 5.24. The van der Waals surface area contributed by atoms with Crippen LogP contribution in [0.5, 0.6) is 0 Å². The highest BCUT2D eigenvalue weighted by atomic mass is 19.1. The highest BCUT2D eigenvalue weighted by molar-refractivity contribution is 5.74. The summed E-state index contributed by atoms with van der Waals surface area (Å²) in [5, 5.41) is 3.50. The summed E-state index contributed by atoms with van der Waals surface area (Å²) >= 11 is 0. The van der Waals surface area contributed by atoms with E-state index in [0.29, 0.717) is 5.56 Å². The molecule has 0 radical (unpaired) electrons. The summed E-state index contributed by atoms with van der Waals surface area (Å²) in [6.07, 6.45) is 5.81. The molecule has 0 unspecified atom stereocenters. The van der Waals surface area contributed by atoms with Gasteiger partial charge in [-0.3, -0.25) is 0 Å². The van der Waals surface area contributed by atoms with Crippen molar-refractivity contribution >= 4 is 11.5 Å². The molecule has 6 nitrogen and oxygen atoms in total. The fraction of sp³-hybridized carbons (Fsp3) is 0.407. The predicted octanol–water partition coefficient (Wildman–Crippen LogP) is 5.26. The summed E-state index contributed by atoms with van der Waals surface area (Å²) in [4.78, 5) is 13.7. The Morgan fingerprint density at radius 1 is 1.21 bits per heavy atom. The number of halogens is 1. The van der Waals surface area contributed by atoms with Crippen LogP contribution in [0.2, 0.25) is 0 Å². The van der Waals surface area contributed by atoms with E-state index in [9.17, 15) is 4.39 Å². The highest BCUT2D eigenvalue weighted by Crippen LogP contribution is 2.35. The first-order chi connectivity index (χ1) is 16.2. The molecule has 2 aromatic heterocycles. The molecule has 1 aliphatic heterocycles. The van der Waals surface area contributed by atoms with Crippen LogP contribution in [0.4, 0.5) is 15.9 Å². The molecule has 0 amide bonds. The van der Waals surface area contributed by atoms with E-state index in [1.54, 1.807) is 13.8 Å². The van der Waals surface area contributed by atoms with Gasteiger partial charge in [0.05, 0.1) is 17.2 Å². The van der Waals surface area contributed by atoms with Crippen molar-refractivity contribution in [3.8, 4) is 11.3 Å². The first kappa shape index (κ1) is 23.8. The molecule has 0 spiro atoms. The Labute approximate surface area is 202 Å². The summed E-state index contributed by atoms with van der Waals surface area (Å²) in [6.45, 7) is 13.0. The van der Waals surface area contributed by atoms with Gasteiger partial charge in [0.15, 0.2) is 5.82 Å². The van der Waals surface area contributed by atoms with Gasteiger partial charge in [0.1, 0.15) is 11.5 Å². The second-order valence-electron chi connectivity index (χ2n) is 9.41. The van der Waals surface area contributed by atoms with Crippen LogP contribution in [-0.2, 0) is 12.2 Å². The summed E-state index contributed by atoms with van der Waals surface area (Å²) in [7, 11) is 2.10. The molecule has 1 N–H and O–H groups in total. The number of alkyl halides is 1. The van der Waals surface area contributed by atoms with E-state index >= 15 is 0 Å². The van der Waals surface area contributed by atoms with Gasteiger partial charge in [0.2, 0.25) is 0 Å². The van der Waals surface area contributed by atoms with Crippen molar-refractivity contribution in [3.05, 3.63) is 72.6 Å². The Morgan fingerprint density at radius 2 is 2.03 bits per heavy atom. The van der Waals surface area contributed by atoms with Gasteiger partial charge in [0, 0.05) is 51.2 Å². The zero-order chi connectivity index (χ0) is 24.3. The molecule has 3 heterocycles. The monoisotopic (exact) mass is 462 g/mol. The molecular weight excluding hydrogens is 427 g/mol. The molecule has 0 bridgehead atoms. The number of nitrogens with one attached hydrogen (secondary N) is 1. The molecule has 34 heavy (non-hydrogen) atoms. The van der Waals surface area contributed by atoms with Crippen molar-refractivity contribution < 1.29 is 4.39 Å². The van der Waals surface area contributed by atoms with Crippen LogP contribution in [0, 0.1) is 6.92 Å². The molecule has 0 saturated heterocycles. The fourth-order valence-electron chi connectivity index (χ4n) is 4.32. The lowest BCUT2D eigenvalue weighted by atomic mass is 9.97. The minimum absolute atomic E-state index is 0.648. The lowest BCUT2D eigenvalue weighted by molar-refractivity contribution is 0.221. The van der Waals surface area contributed by atoms with E-state index in [-0.39, 0.29) is 0 Å². The zero-order valence-corrected chi connectivity index (χ0v) is 20.7. The van der Waals surface area contributed by atoms with E-state index in [2.05, 4.69) is 44.4 Å². The molecule has 4 rings (SSSR count). The third-order valence-corrected chi connectivity index (χ3v) is 6.40. The standard InChI is InChI=1S/C27H35FN6/c1-20-30-14-18-33(20)16-7-13-29-21(2)34-17-8-15-32(5)25-12-11-24(31-26(25)34)22-9-6-10-23(19-22)27(3,4)28/h6,9-12,14,18-19,29H,2,7-8,13,15-17H2,1,3-5H3. The van der Waals surface area contributed by atoms with Crippen LogP contribution in [0.15, 0.2) is 61.2 Å². The van der Waals surface area contributed by atoms with Gasteiger partial charge in [-0.2, -0.15) is 0 Å². The third-order valence-electron chi connectivity index (χ3n) is 6.40. The summed E-state index contributed by atoms with van der Waals surface area (Å²) in [5.41, 5.74) is 2.05. The molecule has 0 saturated carbocycles. The van der Waals surface area contributed by atoms with Crippen LogP contribution >= 0.6 is 0 Å². The second kappa shape index (κ2) is 9.87.